The average Bonchev–Trinajstić information content (AvgIpc) is 3.48. The molecule has 2 heterocycles. The number of hydrogen-bond acceptors (Lipinski definition) is 6. The zero-order valence-corrected chi connectivity index (χ0v) is 26.9. The van der Waals surface area contributed by atoms with Gasteiger partial charge in [-0.05, 0) is 66.9 Å². The predicted molar refractivity (Wildman–Crippen MR) is 180 cm³/mol. The van der Waals surface area contributed by atoms with Crippen LogP contribution in [0, 0.1) is 5.82 Å². The molecule has 1 aromatic heterocycles. The molecule has 8 nitrogen and oxygen atoms in total. The maximum Gasteiger partial charge on any atom is 0.355 e. The van der Waals surface area contributed by atoms with E-state index in [0.29, 0.717) is 54.7 Å². The van der Waals surface area contributed by atoms with Crippen molar-refractivity contribution in [1.29, 1.82) is 0 Å². The number of halogens is 1. The van der Waals surface area contributed by atoms with Gasteiger partial charge in [-0.1, -0.05) is 60.7 Å². The number of methoxy groups -OCH3 is 1. The first-order valence-corrected chi connectivity index (χ1v) is 15.9. The van der Waals surface area contributed by atoms with Crippen molar-refractivity contribution in [3.05, 3.63) is 137 Å². The molecule has 5 aromatic rings. The third-order valence-corrected chi connectivity index (χ3v) is 8.05. The molecule has 0 aliphatic carbocycles. The molecule has 1 aliphatic heterocycles. The Balaban J connectivity index is 1.35. The van der Waals surface area contributed by atoms with Crippen molar-refractivity contribution in [1.82, 2.24) is 9.47 Å². The second kappa shape index (κ2) is 15.0. The summed E-state index contributed by atoms with van der Waals surface area (Å²) < 4.78 is 40.4. The van der Waals surface area contributed by atoms with E-state index in [0.717, 1.165) is 17.5 Å². The predicted octanol–water partition coefficient (Wildman–Crippen LogP) is 7.75. The van der Waals surface area contributed by atoms with Crippen LogP contribution in [-0.4, -0.2) is 54.3 Å². The standard InChI is InChI=1S/C39H37FN2O6/c1-27(25-45-2)47-32-20-31(21-33(23-32)48-37-17-14-30(22-34(37)40)38(43)41-18-9-19-41)35-15-16-36(42(35)24-28-10-5-3-6-11-28)39(44)46-26-29-12-7-4-8-13-29/h3-8,10-17,20-23,27H,9,18-19,24-26H2,1-2H3/t27-/m0/s1. The van der Waals surface area contributed by atoms with Gasteiger partial charge in [0, 0.05) is 49.6 Å². The molecule has 6 rings (SSSR count). The molecule has 0 unspecified atom stereocenters. The van der Waals surface area contributed by atoms with Crippen LogP contribution in [0.3, 0.4) is 0 Å². The molecule has 1 atom stereocenters. The van der Waals surface area contributed by atoms with Crippen LogP contribution in [0.4, 0.5) is 4.39 Å². The first-order chi connectivity index (χ1) is 23.4. The molecule has 0 bridgehead atoms. The van der Waals surface area contributed by atoms with Crippen LogP contribution in [0.15, 0.2) is 109 Å². The Morgan fingerprint density at radius 3 is 2.21 bits per heavy atom. The van der Waals surface area contributed by atoms with E-state index < -0.39 is 11.8 Å². The van der Waals surface area contributed by atoms with Crippen molar-refractivity contribution in [2.75, 3.05) is 26.8 Å². The first kappa shape index (κ1) is 32.5. The molecule has 4 aromatic carbocycles. The van der Waals surface area contributed by atoms with Gasteiger partial charge in [-0.2, -0.15) is 0 Å². The van der Waals surface area contributed by atoms with Gasteiger partial charge in [-0.25, -0.2) is 9.18 Å². The van der Waals surface area contributed by atoms with Gasteiger partial charge in [-0.3, -0.25) is 4.79 Å². The molecule has 246 valence electrons. The zero-order chi connectivity index (χ0) is 33.5. The van der Waals surface area contributed by atoms with Crippen LogP contribution in [0.25, 0.3) is 11.3 Å². The number of rotatable bonds is 13. The highest BCUT2D eigenvalue weighted by atomic mass is 19.1. The number of likely N-dealkylation sites (tertiary alicyclic amines) is 1. The first-order valence-electron chi connectivity index (χ1n) is 15.9. The van der Waals surface area contributed by atoms with Crippen LogP contribution in [0.5, 0.6) is 17.2 Å². The van der Waals surface area contributed by atoms with E-state index in [1.54, 1.807) is 36.3 Å². The van der Waals surface area contributed by atoms with Crippen molar-refractivity contribution >= 4 is 11.9 Å². The Morgan fingerprint density at radius 2 is 1.54 bits per heavy atom. The minimum absolute atomic E-state index is 0.0342. The Kier molecular flexibility index (Phi) is 10.2. The van der Waals surface area contributed by atoms with Gasteiger partial charge in [0.15, 0.2) is 11.6 Å². The highest BCUT2D eigenvalue weighted by Gasteiger charge is 2.23. The van der Waals surface area contributed by atoms with Gasteiger partial charge in [0.2, 0.25) is 0 Å². The zero-order valence-electron chi connectivity index (χ0n) is 26.9. The van der Waals surface area contributed by atoms with E-state index in [4.69, 9.17) is 18.9 Å². The van der Waals surface area contributed by atoms with Gasteiger partial charge in [0.1, 0.15) is 29.9 Å². The van der Waals surface area contributed by atoms with Gasteiger partial charge in [0.05, 0.1) is 6.61 Å². The van der Waals surface area contributed by atoms with Gasteiger partial charge in [-0.15, -0.1) is 0 Å². The largest absolute Gasteiger partial charge is 0.488 e. The van der Waals surface area contributed by atoms with Gasteiger partial charge in [0.25, 0.3) is 5.91 Å². The van der Waals surface area contributed by atoms with Crippen molar-refractivity contribution in [2.45, 2.75) is 32.6 Å². The summed E-state index contributed by atoms with van der Waals surface area (Å²) in [5, 5.41) is 0. The number of esters is 1. The highest BCUT2D eigenvalue weighted by molar-refractivity contribution is 5.94. The lowest BCUT2D eigenvalue weighted by atomic mass is 10.1. The minimum atomic E-state index is -0.655. The number of aromatic nitrogens is 1. The number of carbonyl (C=O) groups is 2. The second-order valence-corrected chi connectivity index (χ2v) is 11.7. The Bertz CT molecular complexity index is 1870. The van der Waals surface area contributed by atoms with Crippen molar-refractivity contribution in [3.63, 3.8) is 0 Å². The fourth-order valence-corrected chi connectivity index (χ4v) is 5.52. The maximum absolute atomic E-state index is 15.3. The third kappa shape index (κ3) is 7.75. The topological polar surface area (TPSA) is 79.2 Å². The van der Waals surface area contributed by atoms with E-state index >= 15 is 4.39 Å². The lowest BCUT2D eigenvalue weighted by Gasteiger charge is -2.30. The quantitative estimate of drug-likeness (QED) is 0.122. The summed E-state index contributed by atoms with van der Waals surface area (Å²) in [5.41, 5.74) is 3.90. The van der Waals surface area contributed by atoms with Crippen LogP contribution in [0.2, 0.25) is 0 Å². The van der Waals surface area contributed by atoms with Crippen LogP contribution in [-0.2, 0) is 22.6 Å². The summed E-state index contributed by atoms with van der Waals surface area (Å²) in [6.07, 6.45) is 0.658. The van der Waals surface area contributed by atoms with E-state index in [1.807, 2.05) is 84.3 Å². The highest BCUT2D eigenvalue weighted by Crippen LogP contribution is 2.35. The number of nitrogens with zero attached hydrogens (tertiary/aromatic N) is 2. The number of ether oxygens (including phenoxy) is 4. The summed E-state index contributed by atoms with van der Waals surface area (Å²) in [5.74, 6) is -0.570. The van der Waals surface area contributed by atoms with E-state index in [9.17, 15) is 9.59 Å². The lowest BCUT2D eigenvalue weighted by molar-refractivity contribution is 0.0460. The normalized spacial score (nSPS) is 13.0. The number of benzene rings is 4. The molecule has 0 spiro atoms. The van der Waals surface area contributed by atoms with Crippen molar-refractivity contribution in [3.8, 4) is 28.5 Å². The molecule has 9 heteroatoms. The van der Waals surface area contributed by atoms with E-state index in [1.165, 1.54) is 12.1 Å². The Labute approximate surface area is 279 Å². The third-order valence-electron chi connectivity index (χ3n) is 8.05. The molecule has 0 N–H and O–H groups in total. The van der Waals surface area contributed by atoms with Gasteiger partial charge < -0.3 is 28.4 Å². The maximum atomic E-state index is 15.3. The molecule has 0 saturated carbocycles. The summed E-state index contributed by atoms with van der Waals surface area (Å²) in [6, 6.07) is 32.4. The molecule has 1 fully saturated rings. The molecule has 1 aliphatic rings. The molecular formula is C39H37FN2O6. The molecule has 0 radical (unpaired) electrons. The minimum Gasteiger partial charge on any atom is -0.488 e. The Morgan fingerprint density at radius 1 is 0.833 bits per heavy atom. The monoisotopic (exact) mass is 648 g/mol. The summed E-state index contributed by atoms with van der Waals surface area (Å²) in [6.45, 7) is 4.11. The SMILES string of the molecule is COC[C@H](C)Oc1cc(Oc2ccc(C(=O)N3CCC3)cc2F)cc(-c2ccc(C(=O)OCc3ccccc3)n2Cc2ccccc2)c1. The van der Waals surface area contributed by atoms with Gasteiger partial charge >= 0.3 is 5.97 Å². The number of amides is 1. The van der Waals surface area contributed by atoms with Crippen LogP contribution < -0.4 is 9.47 Å². The number of hydrogen-bond donors (Lipinski definition) is 0. The molecule has 1 saturated heterocycles. The summed E-state index contributed by atoms with van der Waals surface area (Å²) >= 11 is 0. The molecule has 48 heavy (non-hydrogen) atoms. The van der Waals surface area contributed by atoms with Crippen molar-refractivity contribution in [2.24, 2.45) is 0 Å². The van der Waals surface area contributed by atoms with Crippen molar-refractivity contribution < 1.29 is 32.9 Å². The number of carbonyl (C=O) groups excluding carboxylic acids is 2. The fraction of sp³-hybridized carbons (Fsp3) is 0.231. The van der Waals surface area contributed by atoms with E-state index in [-0.39, 0.29) is 29.9 Å². The molecular weight excluding hydrogens is 611 g/mol. The molecule has 1 amide bonds. The second-order valence-electron chi connectivity index (χ2n) is 11.7. The van der Waals surface area contributed by atoms with Crippen LogP contribution >= 0.6 is 0 Å². The fourth-order valence-electron chi connectivity index (χ4n) is 5.52. The average molecular weight is 649 g/mol. The van der Waals surface area contributed by atoms with Crippen LogP contribution in [0.1, 0.15) is 45.3 Å². The van der Waals surface area contributed by atoms with E-state index in [2.05, 4.69) is 0 Å². The lowest BCUT2D eigenvalue weighted by Crippen LogP contribution is -2.42. The summed E-state index contributed by atoms with van der Waals surface area (Å²) in [4.78, 5) is 27.8. The smallest absolute Gasteiger partial charge is 0.355 e. The Hall–Kier alpha value is -5.41. The summed E-state index contributed by atoms with van der Waals surface area (Å²) in [7, 11) is 1.60.